The molecule has 11 heteroatoms. The third-order valence-corrected chi connectivity index (χ3v) is 7.18. The van der Waals surface area contributed by atoms with Crippen LogP contribution in [0.25, 0.3) is 0 Å². The summed E-state index contributed by atoms with van der Waals surface area (Å²) in [6, 6.07) is 15.6. The monoisotopic (exact) mass is 667 g/mol. The van der Waals surface area contributed by atoms with Gasteiger partial charge in [-0.2, -0.15) is 5.06 Å². The molecule has 2 aliphatic rings. The van der Waals surface area contributed by atoms with Gasteiger partial charge in [0.25, 0.3) is 23.6 Å². The fourth-order valence-corrected chi connectivity index (χ4v) is 4.50. The van der Waals surface area contributed by atoms with E-state index >= 15 is 0 Å². The Morgan fingerprint density at radius 2 is 1.06 bits per heavy atom. The van der Waals surface area contributed by atoms with Gasteiger partial charge in [-0.3, -0.25) is 29.2 Å². The quantitative estimate of drug-likeness (QED) is 0.184. The number of amides is 4. The second-order valence-corrected chi connectivity index (χ2v) is 12.1. The number of hydrogen-bond acceptors (Lipinski definition) is 8. The van der Waals surface area contributed by atoms with Gasteiger partial charge in [0.05, 0.1) is 11.8 Å². The molecule has 2 aliphatic heterocycles. The molecular weight excluding hydrogens is 616 g/mol. The number of nitrogens with zero attached hydrogens (tertiary/aromatic N) is 2. The Morgan fingerprint density at radius 3 is 1.35 bits per heavy atom. The lowest BCUT2D eigenvalue weighted by atomic mass is 9.97. The molecule has 2 unspecified atom stereocenters. The third-order valence-electron chi connectivity index (χ3n) is 7.18. The molecule has 4 amide bonds. The molecule has 0 radical (unpaired) electrons. The molecule has 2 aromatic carbocycles. The Bertz CT molecular complexity index is 1420. The number of benzene rings is 2. The van der Waals surface area contributed by atoms with E-state index in [0.29, 0.717) is 16.9 Å². The smallest absolute Gasteiger partial charge is 0.340 e. The van der Waals surface area contributed by atoms with Gasteiger partial charge in [-0.25, -0.2) is 4.79 Å². The minimum atomic E-state index is -0.772. The standard InChI is InChI=1S/C17H21NO4.C13H18O2.C4H5NO3.C2H2.CH4/c1-11(2)10-13-4-6-14(7-5-13)12(3)17(21)22-18-15(19)8-9-16(18)20;1-9(2)8-11-4-6-12(7-5-11)10(3)13(14)15;6-3-1-2-4(7)5(3)8;1-2;/h4-7,11-12H,8-10H2,1-3H3;4-7,9-10H,8H2,1-3H3,(H,14,15);8H,1-2H2;1-2H;1H4/i;;;1D;. The fraction of sp³-hybridized carbons (Fsp3) is 0.459. The average Bonchev–Trinajstić information content (AvgIpc) is 3.51. The lowest BCUT2D eigenvalue weighted by Gasteiger charge is -2.16. The molecule has 0 spiro atoms. The molecular formula is C37H50N2O9. The summed E-state index contributed by atoms with van der Waals surface area (Å²) in [5, 5.41) is 18.0. The lowest BCUT2D eigenvalue weighted by Crippen LogP contribution is -2.33. The van der Waals surface area contributed by atoms with Crippen LogP contribution in [0.1, 0.15) is 110 Å². The average molecular weight is 668 g/mol. The highest BCUT2D eigenvalue weighted by molar-refractivity contribution is 6.02. The van der Waals surface area contributed by atoms with Gasteiger partial charge in [0, 0.05) is 25.7 Å². The van der Waals surface area contributed by atoms with E-state index in [-0.39, 0.29) is 38.2 Å². The number of carboxylic acids is 1. The number of hydrogen-bond donors (Lipinski definition) is 2. The number of imide groups is 2. The summed E-state index contributed by atoms with van der Waals surface area (Å²) in [4.78, 5) is 71.2. The van der Waals surface area contributed by atoms with Gasteiger partial charge in [-0.05, 0) is 60.8 Å². The van der Waals surface area contributed by atoms with Crippen LogP contribution in [0.15, 0.2) is 48.5 Å². The van der Waals surface area contributed by atoms with Gasteiger partial charge in [0.15, 0.2) is 0 Å². The summed E-state index contributed by atoms with van der Waals surface area (Å²) in [6.45, 7) is 12.1. The molecule has 262 valence electrons. The predicted octanol–water partition coefficient (Wildman–Crippen LogP) is 6.08. The van der Waals surface area contributed by atoms with Crippen molar-refractivity contribution in [2.24, 2.45) is 11.8 Å². The largest absolute Gasteiger partial charge is 0.481 e. The van der Waals surface area contributed by atoms with Crippen LogP contribution in [0.2, 0.25) is 0 Å². The Labute approximate surface area is 285 Å². The van der Waals surface area contributed by atoms with Crippen molar-refractivity contribution in [2.45, 2.75) is 99.3 Å². The lowest BCUT2D eigenvalue weighted by molar-refractivity contribution is -0.198. The van der Waals surface area contributed by atoms with E-state index in [4.69, 9.17) is 16.5 Å². The van der Waals surface area contributed by atoms with Crippen molar-refractivity contribution in [3.63, 3.8) is 0 Å². The van der Waals surface area contributed by atoms with E-state index in [0.717, 1.165) is 24.0 Å². The maximum absolute atomic E-state index is 12.1. The summed E-state index contributed by atoms with van der Waals surface area (Å²) in [7, 11) is 0. The Morgan fingerprint density at radius 1 is 0.729 bits per heavy atom. The van der Waals surface area contributed by atoms with E-state index in [9.17, 15) is 28.8 Å². The molecule has 2 atom stereocenters. The van der Waals surface area contributed by atoms with Crippen LogP contribution in [0.5, 0.6) is 0 Å². The molecule has 2 fully saturated rings. The molecule has 2 aromatic rings. The first-order valence-corrected chi connectivity index (χ1v) is 15.4. The molecule has 0 aliphatic carbocycles. The number of aliphatic carboxylic acids is 1. The van der Waals surface area contributed by atoms with Crippen LogP contribution in [-0.4, -0.2) is 56.0 Å². The highest BCUT2D eigenvalue weighted by atomic mass is 16.7. The first kappa shape index (κ1) is 41.2. The molecule has 0 saturated carbocycles. The van der Waals surface area contributed by atoms with E-state index in [1.54, 1.807) is 13.8 Å². The van der Waals surface area contributed by atoms with Gasteiger partial charge in [0.1, 0.15) is 1.37 Å². The van der Waals surface area contributed by atoms with E-state index in [1.807, 2.05) is 48.5 Å². The maximum atomic E-state index is 12.1. The number of carbonyl (C=O) groups excluding carboxylic acids is 5. The van der Waals surface area contributed by atoms with Crippen LogP contribution in [0.4, 0.5) is 0 Å². The number of carboxylic acid groups (broad SMARTS) is 1. The van der Waals surface area contributed by atoms with Crippen LogP contribution < -0.4 is 0 Å². The highest BCUT2D eigenvalue weighted by Gasteiger charge is 2.34. The third kappa shape index (κ3) is 13.9. The Balaban J connectivity index is 0.000000735. The van der Waals surface area contributed by atoms with Gasteiger partial charge < -0.3 is 9.94 Å². The number of carbonyl (C=O) groups is 6. The van der Waals surface area contributed by atoms with Gasteiger partial charge in [-0.1, -0.05) is 83.7 Å². The van der Waals surface area contributed by atoms with Crippen LogP contribution in [0, 0.1) is 24.7 Å². The number of hydroxylamine groups is 4. The molecule has 11 nitrogen and oxygen atoms in total. The minimum absolute atomic E-state index is 0. The van der Waals surface area contributed by atoms with Crippen molar-refractivity contribution in [1.29, 1.82) is 0 Å². The minimum Gasteiger partial charge on any atom is -0.481 e. The predicted molar refractivity (Wildman–Crippen MR) is 181 cm³/mol. The molecule has 48 heavy (non-hydrogen) atoms. The fourth-order valence-electron chi connectivity index (χ4n) is 4.50. The molecule has 0 bridgehead atoms. The summed E-state index contributed by atoms with van der Waals surface area (Å²) in [5.74, 6) is -3.05. The second kappa shape index (κ2) is 21.1. The molecule has 2 N–H and O–H groups in total. The number of rotatable bonds is 9. The van der Waals surface area contributed by atoms with E-state index in [1.165, 1.54) is 17.5 Å². The number of terminal acetylenes is 1. The Kier molecular flexibility index (Phi) is 18.1. The zero-order valence-corrected chi connectivity index (χ0v) is 27.9. The van der Waals surface area contributed by atoms with Gasteiger partial charge in [0.2, 0.25) is 0 Å². The first-order valence-electron chi connectivity index (χ1n) is 15.9. The zero-order valence-electron chi connectivity index (χ0n) is 28.9. The summed E-state index contributed by atoms with van der Waals surface area (Å²) < 4.78 is 5.74. The molecule has 4 rings (SSSR count). The highest BCUT2D eigenvalue weighted by Crippen LogP contribution is 2.22. The molecule has 0 aromatic heterocycles. The first-order chi connectivity index (χ1) is 22.5. The zero-order chi connectivity index (χ0) is 36.6. The van der Waals surface area contributed by atoms with Gasteiger partial charge >= 0.3 is 11.9 Å². The summed E-state index contributed by atoms with van der Waals surface area (Å²) in [6.07, 6.45) is 8.29. The van der Waals surface area contributed by atoms with Gasteiger partial charge in [-0.15, -0.1) is 17.9 Å². The SMILES string of the molecule is C.CC(C)Cc1ccc(C(C)C(=O)O)cc1.CC(C)Cc1ccc(C(C)C(=O)ON2C(=O)CCC2=O)cc1.O=C1CCC(=O)N1O.[2H]C#C. The van der Waals surface area contributed by atoms with E-state index in [2.05, 4.69) is 34.1 Å². The van der Waals surface area contributed by atoms with Crippen molar-refractivity contribution in [3.8, 4) is 12.8 Å². The van der Waals surface area contributed by atoms with Crippen molar-refractivity contribution in [3.05, 3.63) is 70.8 Å². The van der Waals surface area contributed by atoms with Crippen LogP contribution in [-0.2, 0) is 46.4 Å². The topological polar surface area (TPSA) is 159 Å². The second-order valence-electron chi connectivity index (χ2n) is 12.1. The van der Waals surface area contributed by atoms with Crippen molar-refractivity contribution >= 4 is 35.6 Å². The van der Waals surface area contributed by atoms with Crippen molar-refractivity contribution < 1.29 is 45.3 Å². The van der Waals surface area contributed by atoms with Crippen molar-refractivity contribution in [1.82, 2.24) is 10.1 Å². The summed E-state index contributed by atoms with van der Waals surface area (Å²) >= 11 is 0. The van der Waals surface area contributed by atoms with Crippen molar-refractivity contribution in [2.75, 3.05) is 0 Å². The Hall–Kier alpha value is -4.82. The van der Waals surface area contributed by atoms with Crippen LogP contribution >= 0.6 is 0 Å². The molecule has 2 saturated heterocycles. The molecule has 2 heterocycles. The maximum Gasteiger partial charge on any atom is 0.340 e. The van der Waals surface area contributed by atoms with Crippen LogP contribution in [0.3, 0.4) is 0 Å². The van der Waals surface area contributed by atoms with E-state index < -0.39 is 47.4 Å². The summed E-state index contributed by atoms with van der Waals surface area (Å²) in [5.41, 5.74) is 4.15. The normalized spacial score (nSPS) is 15.0.